The molecule has 0 bridgehead atoms. The maximum Gasteiger partial charge on any atom is 0.262 e. The van der Waals surface area contributed by atoms with Crippen molar-refractivity contribution in [3.63, 3.8) is 0 Å². The van der Waals surface area contributed by atoms with E-state index >= 15 is 0 Å². The van der Waals surface area contributed by atoms with E-state index in [9.17, 15) is 9.59 Å². The van der Waals surface area contributed by atoms with Crippen molar-refractivity contribution in [3.8, 4) is 11.3 Å². The number of aromatic nitrogens is 3. The molecule has 1 amide bonds. The van der Waals surface area contributed by atoms with Crippen LogP contribution in [0.4, 0.5) is 5.13 Å². The van der Waals surface area contributed by atoms with Crippen LogP contribution in [0.25, 0.3) is 22.2 Å². The summed E-state index contributed by atoms with van der Waals surface area (Å²) in [6.45, 7) is 6.37. The number of fused-ring (bicyclic) bond motifs is 1. The fraction of sp³-hybridized carbons (Fsp3) is 0.250. The smallest absolute Gasteiger partial charge is 0.262 e. The number of halogens is 1. The number of hydrogen-bond acceptors (Lipinski definition) is 6. The highest BCUT2D eigenvalue weighted by Crippen LogP contribution is 2.28. The summed E-state index contributed by atoms with van der Waals surface area (Å²) < 4.78 is 1.65. The van der Waals surface area contributed by atoms with E-state index in [0.29, 0.717) is 32.8 Å². The van der Waals surface area contributed by atoms with E-state index in [1.807, 2.05) is 49.6 Å². The van der Waals surface area contributed by atoms with Crippen LogP contribution in [0.15, 0.2) is 63.9 Å². The molecule has 2 aromatic heterocycles. The summed E-state index contributed by atoms with van der Waals surface area (Å²) in [4.78, 5) is 35.2. The number of amides is 1. The van der Waals surface area contributed by atoms with Crippen molar-refractivity contribution in [2.45, 2.75) is 37.7 Å². The SMILES string of the molecule is CC(C)Cn1c(SC(C)C(=O)Nc2nc(-c3ccccc3)cs2)nc2cc(Cl)ccc2c1=O. The zero-order chi connectivity index (χ0) is 23.5. The summed E-state index contributed by atoms with van der Waals surface area (Å²) in [5.41, 5.74) is 2.20. The van der Waals surface area contributed by atoms with E-state index in [1.54, 1.807) is 29.7 Å². The van der Waals surface area contributed by atoms with Gasteiger partial charge in [0.1, 0.15) is 0 Å². The first kappa shape index (κ1) is 23.5. The number of nitrogens with one attached hydrogen (secondary N) is 1. The Morgan fingerprint density at radius 3 is 2.64 bits per heavy atom. The molecule has 0 aliphatic heterocycles. The Morgan fingerprint density at radius 2 is 1.91 bits per heavy atom. The van der Waals surface area contributed by atoms with Crippen molar-refractivity contribution >= 4 is 56.6 Å². The number of carbonyl (C=O) groups is 1. The van der Waals surface area contributed by atoms with E-state index in [4.69, 9.17) is 11.6 Å². The van der Waals surface area contributed by atoms with Crippen molar-refractivity contribution in [1.82, 2.24) is 14.5 Å². The van der Waals surface area contributed by atoms with E-state index in [0.717, 1.165) is 11.3 Å². The fourth-order valence-corrected chi connectivity index (χ4v) is 5.09. The predicted molar refractivity (Wildman–Crippen MR) is 137 cm³/mol. The summed E-state index contributed by atoms with van der Waals surface area (Å²) in [5.74, 6) is 0.0370. The van der Waals surface area contributed by atoms with Gasteiger partial charge in [-0.2, -0.15) is 0 Å². The minimum atomic E-state index is -0.490. The van der Waals surface area contributed by atoms with Gasteiger partial charge in [0, 0.05) is 22.5 Å². The molecular formula is C24H23ClN4O2S2. The molecule has 4 rings (SSSR count). The third-order valence-corrected chi connectivity index (χ3v) is 6.97. The molecule has 6 nitrogen and oxygen atoms in total. The molecule has 2 aromatic carbocycles. The van der Waals surface area contributed by atoms with E-state index in [2.05, 4.69) is 15.3 Å². The molecule has 0 fully saturated rings. The van der Waals surface area contributed by atoms with E-state index in [1.165, 1.54) is 23.1 Å². The van der Waals surface area contributed by atoms with Crippen LogP contribution in [-0.2, 0) is 11.3 Å². The Hall–Kier alpha value is -2.68. The molecular weight excluding hydrogens is 476 g/mol. The number of thioether (sulfide) groups is 1. The van der Waals surface area contributed by atoms with Crippen LogP contribution >= 0.6 is 34.7 Å². The Balaban J connectivity index is 1.56. The van der Waals surface area contributed by atoms with Crippen molar-refractivity contribution in [3.05, 3.63) is 69.3 Å². The molecule has 1 unspecified atom stereocenters. The molecule has 1 N–H and O–H groups in total. The van der Waals surface area contributed by atoms with Gasteiger partial charge in [-0.05, 0) is 31.0 Å². The quantitative estimate of drug-likeness (QED) is 0.252. The zero-order valence-electron chi connectivity index (χ0n) is 18.4. The third-order valence-electron chi connectivity index (χ3n) is 4.89. The van der Waals surface area contributed by atoms with E-state index < -0.39 is 5.25 Å². The number of hydrogen-bond donors (Lipinski definition) is 1. The highest BCUT2D eigenvalue weighted by molar-refractivity contribution is 8.00. The van der Waals surface area contributed by atoms with Gasteiger partial charge in [0.2, 0.25) is 5.91 Å². The summed E-state index contributed by atoms with van der Waals surface area (Å²) >= 11 is 8.74. The Morgan fingerprint density at radius 1 is 1.15 bits per heavy atom. The first-order chi connectivity index (χ1) is 15.8. The summed E-state index contributed by atoms with van der Waals surface area (Å²) in [6, 6.07) is 14.9. The molecule has 4 aromatic rings. The van der Waals surface area contributed by atoms with Gasteiger partial charge in [0.15, 0.2) is 10.3 Å². The van der Waals surface area contributed by atoms with Gasteiger partial charge in [-0.1, -0.05) is 67.5 Å². The Bertz CT molecular complexity index is 1350. The number of thiazole rings is 1. The topological polar surface area (TPSA) is 76.9 Å². The molecule has 2 heterocycles. The molecule has 0 saturated carbocycles. The molecule has 0 saturated heterocycles. The van der Waals surface area contributed by atoms with Crippen LogP contribution in [0.2, 0.25) is 5.02 Å². The number of rotatable bonds is 7. The lowest BCUT2D eigenvalue weighted by molar-refractivity contribution is -0.115. The lowest BCUT2D eigenvalue weighted by Gasteiger charge is -2.17. The normalized spacial score (nSPS) is 12.3. The summed E-state index contributed by atoms with van der Waals surface area (Å²) in [5, 5.41) is 6.36. The highest BCUT2D eigenvalue weighted by atomic mass is 35.5. The maximum absolute atomic E-state index is 13.1. The highest BCUT2D eigenvalue weighted by Gasteiger charge is 2.21. The predicted octanol–water partition coefficient (Wildman–Crippen LogP) is 5.95. The maximum atomic E-state index is 13.1. The van der Waals surface area contributed by atoms with Gasteiger partial charge < -0.3 is 5.32 Å². The standard InChI is InChI=1S/C24H23ClN4O2S2/c1-14(2)12-29-22(31)18-10-9-17(25)11-19(18)27-24(29)33-15(3)21(30)28-23-26-20(13-32-23)16-7-5-4-6-8-16/h4-11,13-15H,12H2,1-3H3,(H,26,28,30). The van der Waals surface area contributed by atoms with Crippen LogP contribution in [0, 0.1) is 5.92 Å². The molecule has 0 aliphatic carbocycles. The lowest BCUT2D eigenvalue weighted by Crippen LogP contribution is -2.28. The first-order valence-corrected chi connectivity index (χ1v) is 12.6. The Kier molecular flexibility index (Phi) is 7.17. The van der Waals surface area contributed by atoms with Crippen molar-refractivity contribution in [2.24, 2.45) is 5.92 Å². The van der Waals surface area contributed by atoms with Gasteiger partial charge in [-0.25, -0.2) is 9.97 Å². The molecule has 1 atom stereocenters. The number of anilines is 1. The first-order valence-electron chi connectivity index (χ1n) is 10.5. The van der Waals surface area contributed by atoms with Crippen molar-refractivity contribution in [1.29, 1.82) is 0 Å². The van der Waals surface area contributed by atoms with Crippen molar-refractivity contribution < 1.29 is 4.79 Å². The van der Waals surface area contributed by atoms with Gasteiger partial charge in [0.05, 0.1) is 21.8 Å². The summed E-state index contributed by atoms with van der Waals surface area (Å²) in [6.07, 6.45) is 0. The number of carbonyl (C=O) groups excluding carboxylic acids is 1. The average Bonchev–Trinajstić information content (AvgIpc) is 3.25. The number of benzene rings is 2. The molecule has 0 spiro atoms. The van der Waals surface area contributed by atoms with Crippen molar-refractivity contribution in [2.75, 3.05) is 5.32 Å². The number of nitrogens with zero attached hydrogens (tertiary/aromatic N) is 3. The van der Waals surface area contributed by atoms with Gasteiger partial charge in [-0.3, -0.25) is 14.2 Å². The molecule has 0 aliphatic rings. The van der Waals surface area contributed by atoms with Gasteiger partial charge in [-0.15, -0.1) is 11.3 Å². The van der Waals surface area contributed by atoms with E-state index in [-0.39, 0.29) is 17.4 Å². The second kappa shape index (κ2) is 10.1. The van der Waals surface area contributed by atoms with Crippen LogP contribution in [0.3, 0.4) is 0 Å². The van der Waals surface area contributed by atoms with Crippen LogP contribution in [-0.4, -0.2) is 25.7 Å². The lowest BCUT2D eigenvalue weighted by atomic mass is 10.2. The second-order valence-electron chi connectivity index (χ2n) is 8.02. The largest absolute Gasteiger partial charge is 0.301 e. The zero-order valence-corrected chi connectivity index (χ0v) is 20.8. The fourth-order valence-electron chi connectivity index (χ4n) is 3.28. The minimum Gasteiger partial charge on any atom is -0.301 e. The molecule has 0 radical (unpaired) electrons. The van der Waals surface area contributed by atoms with Gasteiger partial charge in [0.25, 0.3) is 5.56 Å². The third kappa shape index (κ3) is 5.46. The van der Waals surface area contributed by atoms with Gasteiger partial charge >= 0.3 is 0 Å². The van der Waals surface area contributed by atoms with Crippen LogP contribution in [0.1, 0.15) is 20.8 Å². The monoisotopic (exact) mass is 498 g/mol. The summed E-state index contributed by atoms with van der Waals surface area (Å²) in [7, 11) is 0. The molecule has 9 heteroatoms. The minimum absolute atomic E-state index is 0.132. The Labute approximate surface area is 205 Å². The molecule has 33 heavy (non-hydrogen) atoms. The van der Waals surface area contributed by atoms with Crippen LogP contribution < -0.4 is 10.9 Å². The molecule has 170 valence electrons. The second-order valence-corrected chi connectivity index (χ2v) is 10.6. The van der Waals surface area contributed by atoms with Crippen LogP contribution in [0.5, 0.6) is 0 Å². The average molecular weight is 499 g/mol.